The van der Waals surface area contributed by atoms with Crippen LogP contribution in [0.25, 0.3) is 0 Å². The van der Waals surface area contributed by atoms with E-state index < -0.39 is 0 Å². The van der Waals surface area contributed by atoms with Crippen LogP contribution in [0.5, 0.6) is 5.75 Å². The van der Waals surface area contributed by atoms with Crippen molar-refractivity contribution in [1.82, 2.24) is 14.8 Å². The molecule has 0 saturated heterocycles. The van der Waals surface area contributed by atoms with Gasteiger partial charge in [0, 0.05) is 16.7 Å². The third kappa shape index (κ3) is 6.08. The van der Waals surface area contributed by atoms with Gasteiger partial charge in [0.1, 0.15) is 12.4 Å². The SMILES string of the molecule is CCc1ccc(NC(=O)CSc2nnc(COc3ccc(Br)cc3)n2CC)cc1. The summed E-state index contributed by atoms with van der Waals surface area (Å²) in [7, 11) is 0. The number of aryl methyl sites for hydroxylation is 1. The number of nitrogens with one attached hydrogen (secondary N) is 1. The largest absolute Gasteiger partial charge is 0.486 e. The molecule has 0 spiro atoms. The number of hydrogen-bond donors (Lipinski definition) is 1. The number of amides is 1. The number of thioether (sulfide) groups is 1. The van der Waals surface area contributed by atoms with Gasteiger partial charge in [0.15, 0.2) is 11.0 Å². The summed E-state index contributed by atoms with van der Waals surface area (Å²) in [6.07, 6.45) is 0.977. The summed E-state index contributed by atoms with van der Waals surface area (Å²) >= 11 is 4.77. The molecule has 152 valence electrons. The number of carbonyl (C=O) groups excluding carboxylic acids is 1. The first-order valence-electron chi connectivity index (χ1n) is 9.41. The molecule has 1 amide bonds. The van der Waals surface area contributed by atoms with Crippen LogP contribution in [-0.2, 0) is 24.4 Å². The van der Waals surface area contributed by atoms with E-state index in [1.54, 1.807) is 0 Å². The van der Waals surface area contributed by atoms with Gasteiger partial charge in [-0.15, -0.1) is 10.2 Å². The lowest BCUT2D eigenvalue weighted by Crippen LogP contribution is -2.15. The molecule has 2 aromatic carbocycles. The fourth-order valence-electron chi connectivity index (χ4n) is 2.68. The zero-order valence-electron chi connectivity index (χ0n) is 16.4. The van der Waals surface area contributed by atoms with Gasteiger partial charge in [-0.2, -0.15) is 0 Å². The van der Waals surface area contributed by atoms with E-state index in [-0.39, 0.29) is 11.7 Å². The summed E-state index contributed by atoms with van der Waals surface area (Å²) in [5, 5.41) is 12.1. The van der Waals surface area contributed by atoms with Crippen LogP contribution in [0, 0.1) is 0 Å². The molecule has 6 nitrogen and oxygen atoms in total. The van der Waals surface area contributed by atoms with Gasteiger partial charge in [-0.25, -0.2) is 0 Å². The molecule has 8 heteroatoms. The maximum absolute atomic E-state index is 12.3. The second kappa shape index (κ2) is 10.5. The van der Waals surface area contributed by atoms with Crippen molar-refractivity contribution in [3.63, 3.8) is 0 Å². The summed E-state index contributed by atoms with van der Waals surface area (Å²) in [5.41, 5.74) is 2.04. The molecule has 0 unspecified atom stereocenters. The number of hydrogen-bond acceptors (Lipinski definition) is 5. The molecule has 0 aliphatic heterocycles. The molecule has 0 radical (unpaired) electrons. The number of carbonyl (C=O) groups is 1. The Labute approximate surface area is 183 Å². The van der Waals surface area contributed by atoms with Crippen molar-refractivity contribution in [1.29, 1.82) is 0 Å². The molecule has 1 aromatic heterocycles. The van der Waals surface area contributed by atoms with E-state index in [0.29, 0.717) is 18.3 Å². The van der Waals surface area contributed by atoms with Crippen molar-refractivity contribution in [3.05, 3.63) is 64.4 Å². The Morgan fingerprint density at radius 2 is 1.83 bits per heavy atom. The number of halogens is 1. The quantitative estimate of drug-likeness (QED) is 0.445. The van der Waals surface area contributed by atoms with Crippen molar-refractivity contribution >= 4 is 39.3 Å². The Bertz CT molecular complexity index is 942. The number of nitrogens with zero attached hydrogens (tertiary/aromatic N) is 3. The molecule has 0 bridgehead atoms. The maximum atomic E-state index is 12.3. The molecule has 1 heterocycles. The van der Waals surface area contributed by atoms with Gasteiger partial charge >= 0.3 is 0 Å². The summed E-state index contributed by atoms with van der Waals surface area (Å²) in [5.74, 6) is 1.69. The standard InChI is InChI=1S/C21H23BrN4O2S/c1-3-15-5-9-17(10-6-15)23-20(27)14-29-21-25-24-19(26(21)4-2)13-28-18-11-7-16(22)8-12-18/h5-12H,3-4,13-14H2,1-2H3,(H,23,27). The van der Waals surface area contributed by atoms with E-state index in [2.05, 4.69) is 38.4 Å². The smallest absolute Gasteiger partial charge is 0.234 e. The van der Waals surface area contributed by atoms with Crippen molar-refractivity contribution in [2.75, 3.05) is 11.1 Å². The third-order valence-corrected chi connectivity index (χ3v) is 5.76. The van der Waals surface area contributed by atoms with Gasteiger partial charge in [0.25, 0.3) is 0 Å². The molecule has 3 aromatic rings. The molecular formula is C21H23BrN4O2S. The number of rotatable bonds is 9. The first-order valence-corrected chi connectivity index (χ1v) is 11.2. The Hall–Kier alpha value is -2.32. The Morgan fingerprint density at radius 3 is 2.48 bits per heavy atom. The van der Waals surface area contributed by atoms with Gasteiger partial charge in [0.05, 0.1) is 5.75 Å². The molecule has 0 saturated carbocycles. The number of aromatic nitrogens is 3. The monoisotopic (exact) mass is 474 g/mol. The first kappa shape index (κ1) is 21.4. The van der Waals surface area contributed by atoms with Gasteiger partial charge in [-0.05, 0) is 55.3 Å². The highest BCUT2D eigenvalue weighted by atomic mass is 79.9. The Morgan fingerprint density at radius 1 is 1.10 bits per heavy atom. The predicted octanol–water partition coefficient (Wildman–Crippen LogP) is 4.93. The van der Waals surface area contributed by atoms with E-state index >= 15 is 0 Å². The van der Waals surface area contributed by atoms with Gasteiger partial charge in [0.2, 0.25) is 5.91 Å². The normalized spacial score (nSPS) is 10.7. The van der Waals surface area contributed by atoms with Crippen molar-refractivity contribution < 1.29 is 9.53 Å². The van der Waals surface area contributed by atoms with E-state index in [0.717, 1.165) is 28.2 Å². The second-order valence-corrected chi connectivity index (χ2v) is 8.13. The van der Waals surface area contributed by atoms with Crippen LogP contribution in [-0.4, -0.2) is 26.4 Å². The number of benzene rings is 2. The molecule has 29 heavy (non-hydrogen) atoms. The van der Waals surface area contributed by atoms with E-state index in [1.165, 1.54) is 17.3 Å². The first-order chi connectivity index (χ1) is 14.1. The Balaban J connectivity index is 1.54. The summed E-state index contributed by atoms with van der Waals surface area (Å²) < 4.78 is 8.76. The minimum Gasteiger partial charge on any atom is -0.486 e. The highest BCUT2D eigenvalue weighted by molar-refractivity contribution is 9.10. The number of ether oxygens (including phenoxy) is 1. The summed E-state index contributed by atoms with van der Waals surface area (Å²) in [6.45, 7) is 5.14. The predicted molar refractivity (Wildman–Crippen MR) is 119 cm³/mol. The van der Waals surface area contributed by atoms with Crippen LogP contribution in [0.2, 0.25) is 0 Å². The van der Waals surface area contributed by atoms with E-state index in [4.69, 9.17) is 4.74 Å². The van der Waals surface area contributed by atoms with E-state index in [1.807, 2.05) is 60.0 Å². The van der Waals surface area contributed by atoms with Crippen molar-refractivity contribution in [2.24, 2.45) is 0 Å². The van der Waals surface area contributed by atoms with Gasteiger partial charge < -0.3 is 14.6 Å². The molecule has 0 fully saturated rings. The average Bonchev–Trinajstić information content (AvgIpc) is 3.14. The average molecular weight is 475 g/mol. The lowest BCUT2D eigenvalue weighted by atomic mass is 10.1. The van der Waals surface area contributed by atoms with Crippen LogP contribution >= 0.6 is 27.7 Å². The zero-order valence-corrected chi connectivity index (χ0v) is 18.8. The molecule has 1 N–H and O–H groups in total. The number of anilines is 1. The van der Waals surface area contributed by atoms with Crippen LogP contribution in [0.1, 0.15) is 25.2 Å². The fraction of sp³-hybridized carbons (Fsp3) is 0.286. The third-order valence-electron chi connectivity index (χ3n) is 4.27. The highest BCUT2D eigenvalue weighted by Gasteiger charge is 2.14. The molecule has 3 rings (SSSR count). The summed E-state index contributed by atoms with van der Waals surface area (Å²) in [6, 6.07) is 15.5. The molecular weight excluding hydrogens is 452 g/mol. The van der Waals surface area contributed by atoms with E-state index in [9.17, 15) is 4.79 Å². The van der Waals surface area contributed by atoms with Crippen LogP contribution in [0.15, 0.2) is 58.2 Å². The molecule has 0 aliphatic rings. The highest BCUT2D eigenvalue weighted by Crippen LogP contribution is 2.20. The second-order valence-electron chi connectivity index (χ2n) is 6.27. The van der Waals surface area contributed by atoms with Gasteiger partial charge in [-0.3, -0.25) is 4.79 Å². The van der Waals surface area contributed by atoms with Crippen LogP contribution in [0.4, 0.5) is 5.69 Å². The lowest BCUT2D eigenvalue weighted by molar-refractivity contribution is -0.113. The van der Waals surface area contributed by atoms with Crippen LogP contribution in [0.3, 0.4) is 0 Å². The lowest BCUT2D eigenvalue weighted by Gasteiger charge is -2.09. The minimum atomic E-state index is -0.0717. The minimum absolute atomic E-state index is 0.0717. The van der Waals surface area contributed by atoms with Crippen molar-refractivity contribution in [2.45, 2.75) is 38.6 Å². The van der Waals surface area contributed by atoms with Crippen LogP contribution < -0.4 is 10.1 Å². The topological polar surface area (TPSA) is 69.0 Å². The summed E-state index contributed by atoms with van der Waals surface area (Å²) in [4.78, 5) is 12.3. The van der Waals surface area contributed by atoms with Gasteiger partial charge in [-0.1, -0.05) is 46.7 Å². The molecule has 0 atom stereocenters. The maximum Gasteiger partial charge on any atom is 0.234 e. The van der Waals surface area contributed by atoms with Crippen molar-refractivity contribution in [3.8, 4) is 5.75 Å². The zero-order chi connectivity index (χ0) is 20.6. The molecule has 0 aliphatic carbocycles. The Kier molecular flexibility index (Phi) is 7.71. The fourth-order valence-corrected chi connectivity index (χ4v) is 3.77.